The molecule has 0 fully saturated rings. The van der Waals surface area contributed by atoms with E-state index in [2.05, 4.69) is 4.72 Å². The Morgan fingerprint density at radius 1 is 1.29 bits per heavy atom. The van der Waals surface area contributed by atoms with Crippen LogP contribution in [0.3, 0.4) is 0 Å². The molecule has 1 aliphatic heterocycles. The summed E-state index contributed by atoms with van der Waals surface area (Å²) in [7, 11) is 0. The van der Waals surface area contributed by atoms with Crippen molar-refractivity contribution in [3.63, 3.8) is 0 Å². The first-order valence-corrected chi connectivity index (χ1v) is 2.61. The fraction of sp³-hybridized carbons (Fsp3) is 0. The molecule has 0 spiro atoms. The van der Waals surface area contributed by atoms with E-state index in [1.807, 2.05) is 23.8 Å². The maximum Gasteiger partial charge on any atom is 0.316 e. The highest BCUT2D eigenvalue weighted by Gasteiger charge is 1.74. The summed E-state index contributed by atoms with van der Waals surface area (Å²) < 4.78 is 2.93. The SMILES string of the molecule is C1=CNSC=C1.[MgH2]. The van der Waals surface area contributed by atoms with Crippen LogP contribution in [0.4, 0.5) is 0 Å². The van der Waals surface area contributed by atoms with Crippen LogP contribution in [-0.2, 0) is 0 Å². The van der Waals surface area contributed by atoms with Crippen molar-refractivity contribution in [2.24, 2.45) is 0 Å². The van der Waals surface area contributed by atoms with Gasteiger partial charge in [-0.25, -0.2) is 0 Å². The predicted molar refractivity (Wildman–Crippen MR) is 37.6 cm³/mol. The Morgan fingerprint density at radius 2 is 2.14 bits per heavy atom. The third-order valence-electron chi connectivity index (χ3n) is 0.490. The molecular formula is C4H7MgNS. The average Bonchev–Trinajstić information content (AvgIpc) is 1.72. The zero-order valence-electron chi connectivity index (χ0n) is 3.22. The van der Waals surface area contributed by atoms with E-state index in [1.165, 1.54) is 0 Å². The Balaban J connectivity index is 0.000000360. The first-order valence-electron chi connectivity index (χ1n) is 1.73. The van der Waals surface area contributed by atoms with Gasteiger partial charge in [0.05, 0.1) is 0 Å². The summed E-state index contributed by atoms with van der Waals surface area (Å²) in [6, 6.07) is 0. The molecule has 7 heavy (non-hydrogen) atoms. The smallest absolute Gasteiger partial charge is 0.316 e. The monoisotopic (exact) mass is 125 g/mol. The number of hydrogen-bond donors (Lipinski definition) is 1. The predicted octanol–water partition coefficient (Wildman–Crippen LogP) is 0.349. The molecule has 3 heteroatoms. The molecule has 0 aromatic heterocycles. The molecule has 1 rings (SSSR count). The fourth-order valence-corrected chi connectivity index (χ4v) is 0.663. The van der Waals surface area contributed by atoms with Gasteiger partial charge in [-0.1, -0.05) is 6.08 Å². The summed E-state index contributed by atoms with van der Waals surface area (Å²) in [5, 5.41) is 1.99. The summed E-state index contributed by atoms with van der Waals surface area (Å²) >= 11 is 1.58. The number of nitrogens with one attached hydrogen (secondary N) is 1. The van der Waals surface area contributed by atoms with Gasteiger partial charge in [0, 0.05) is 6.20 Å². The van der Waals surface area contributed by atoms with Crippen LogP contribution in [-0.4, -0.2) is 23.1 Å². The van der Waals surface area contributed by atoms with E-state index in [0.717, 1.165) is 0 Å². The van der Waals surface area contributed by atoms with Crippen LogP contribution >= 0.6 is 11.9 Å². The summed E-state index contributed by atoms with van der Waals surface area (Å²) in [5.74, 6) is 0. The highest BCUT2D eigenvalue weighted by molar-refractivity contribution is 8.00. The molecule has 36 valence electrons. The Labute approximate surface area is 63.5 Å². The zero-order valence-corrected chi connectivity index (χ0v) is 4.03. The maximum absolute atomic E-state index is 2.93. The van der Waals surface area contributed by atoms with Crippen molar-refractivity contribution in [2.75, 3.05) is 0 Å². The van der Waals surface area contributed by atoms with Gasteiger partial charge in [0.1, 0.15) is 0 Å². The van der Waals surface area contributed by atoms with Crippen LogP contribution in [0.25, 0.3) is 0 Å². The minimum atomic E-state index is 0. The molecule has 0 aromatic rings. The van der Waals surface area contributed by atoms with E-state index in [-0.39, 0.29) is 23.1 Å². The van der Waals surface area contributed by atoms with Crippen molar-refractivity contribution in [3.05, 3.63) is 23.8 Å². The Kier molecular flexibility index (Phi) is 4.81. The molecule has 1 heterocycles. The van der Waals surface area contributed by atoms with Crippen LogP contribution in [0.5, 0.6) is 0 Å². The first-order chi connectivity index (χ1) is 3.00. The van der Waals surface area contributed by atoms with Crippen molar-refractivity contribution in [1.82, 2.24) is 4.72 Å². The van der Waals surface area contributed by atoms with Gasteiger partial charge < -0.3 is 4.72 Å². The average molecular weight is 125 g/mol. The molecule has 0 radical (unpaired) electrons. The molecule has 1 N–H and O–H groups in total. The molecule has 0 saturated carbocycles. The van der Waals surface area contributed by atoms with Crippen LogP contribution in [0.15, 0.2) is 23.8 Å². The second-order valence-corrected chi connectivity index (χ2v) is 1.67. The van der Waals surface area contributed by atoms with E-state index in [4.69, 9.17) is 0 Å². The molecule has 1 nitrogen and oxygen atoms in total. The second-order valence-electron chi connectivity index (χ2n) is 0.923. The van der Waals surface area contributed by atoms with E-state index < -0.39 is 0 Å². The molecule has 0 amide bonds. The van der Waals surface area contributed by atoms with Gasteiger partial charge in [-0.05, 0) is 23.4 Å². The highest BCUT2D eigenvalue weighted by Crippen LogP contribution is 1.98. The lowest BCUT2D eigenvalue weighted by atomic mass is 10.6. The number of allylic oxidation sites excluding steroid dienone is 2. The number of hydrogen-bond acceptors (Lipinski definition) is 2. The van der Waals surface area contributed by atoms with Crippen LogP contribution < -0.4 is 4.72 Å². The van der Waals surface area contributed by atoms with Crippen molar-refractivity contribution >= 4 is 35.0 Å². The molecular weight excluding hydrogens is 118 g/mol. The molecule has 0 aliphatic carbocycles. The lowest BCUT2D eigenvalue weighted by Crippen LogP contribution is -1.88. The Bertz CT molecular complexity index is 77.7. The maximum atomic E-state index is 2.93. The summed E-state index contributed by atoms with van der Waals surface area (Å²) in [4.78, 5) is 0. The molecule has 0 atom stereocenters. The topological polar surface area (TPSA) is 12.0 Å². The van der Waals surface area contributed by atoms with Gasteiger partial charge in [-0.3, -0.25) is 0 Å². The lowest BCUT2D eigenvalue weighted by molar-refractivity contribution is 1.42. The first kappa shape index (κ1) is 7.40. The lowest BCUT2D eigenvalue weighted by Gasteiger charge is -1.93. The fourth-order valence-electron chi connectivity index (χ4n) is 0.258. The normalized spacial score (nSPS) is 14.9. The van der Waals surface area contributed by atoms with Crippen molar-refractivity contribution < 1.29 is 0 Å². The number of rotatable bonds is 0. The van der Waals surface area contributed by atoms with E-state index in [9.17, 15) is 0 Å². The molecule has 1 aliphatic rings. The summed E-state index contributed by atoms with van der Waals surface area (Å²) in [5.41, 5.74) is 0. The van der Waals surface area contributed by atoms with Crippen molar-refractivity contribution in [2.45, 2.75) is 0 Å². The molecule has 0 bridgehead atoms. The summed E-state index contributed by atoms with van der Waals surface area (Å²) in [6.45, 7) is 0. The van der Waals surface area contributed by atoms with E-state index >= 15 is 0 Å². The van der Waals surface area contributed by atoms with Gasteiger partial charge in [0.15, 0.2) is 0 Å². The van der Waals surface area contributed by atoms with Gasteiger partial charge in [0.2, 0.25) is 0 Å². The summed E-state index contributed by atoms with van der Waals surface area (Å²) in [6.07, 6.45) is 5.84. The van der Waals surface area contributed by atoms with Crippen LogP contribution in [0.1, 0.15) is 0 Å². The van der Waals surface area contributed by atoms with Crippen molar-refractivity contribution in [3.8, 4) is 0 Å². The highest BCUT2D eigenvalue weighted by atomic mass is 32.2. The van der Waals surface area contributed by atoms with Gasteiger partial charge >= 0.3 is 23.1 Å². The molecule has 0 aromatic carbocycles. The molecule has 0 unspecified atom stereocenters. The van der Waals surface area contributed by atoms with Gasteiger partial charge in [-0.15, -0.1) is 0 Å². The Morgan fingerprint density at radius 3 is 2.29 bits per heavy atom. The van der Waals surface area contributed by atoms with E-state index in [1.54, 1.807) is 11.9 Å². The van der Waals surface area contributed by atoms with Crippen molar-refractivity contribution in [1.29, 1.82) is 0 Å². The van der Waals surface area contributed by atoms with Crippen LogP contribution in [0.2, 0.25) is 0 Å². The van der Waals surface area contributed by atoms with Gasteiger partial charge in [0.25, 0.3) is 0 Å². The van der Waals surface area contributed by atoms with Gasteiger partial charge in [-0.2, -0.15) is 0 Å². The standard InChI is InChI=1S/C4H5NS.Mg.2H/c1-2-4-6-5-3-1;;;/h1-5H;;;. The third-order valence-corrected chi connectivity index (χ3v) is 1.06. The largest absolute Gasteiger partial charge is 0.333 e. The second kappa shape index (κ2) is 4.55. The zero-order chi connectivity index (χ0) is 4.24. The Hall–Kier alpha value is 0.396. The van der Waals surface area contributed by atoms with Crippen LogP contribution in [0, 0.1) is 0 Å². The third kappa shape index (κ3) is 3.02. The quantitative estimate of drug-likeness (QED) is 0.370. The minimum absolute atomic E-state index is 0. The van der Waals surface area contributed by atoms with E-state index in [0.29, 0.717) is 0 Å². The minimum Gasteiger partial charge on any atom is -0.333 e. The molecule has 0 saturated heterocycles.